The van der Waals surface area contributed by atoms with E-state index in [2.05, 4.69) is 39.6 Å². The Balaban J connectivity index is 1.82. The van der Waals surface area contributed by atoms with Crippen LogP contribution in [0.3, 0.4) is 0 Å². The third-order valence-electron chi connectivity index (χ3n) is 5.91. The van der Waals surface area contributed by atoms with Crippen molar-refractivity contribution in [1.82, 2.24) is 0 Å². The van der Waals surface area contributed by atoms with E-state index in [1.165, 1.54) is 12.8 Å². The summed E-state index contributed by atoms with van der Waals surface area (Å²) in [6.07, 6.45) is 7.64. The summed E-state index contributed by atoms with van der Waals surface area (Å²) in [5, 5.41) is 0.590. The standard InChI is InChI=1S/C17H30O2Si/c1-13-10-17(18-8-9-19-17)11-14(2)15(13)12-16(6-7-16)20(3,4)5/h12-14H,6-11H2,1-5H3/t13-,14-/m1/s1. The van der Waals surface area contributed by atoms with E-state index in [0.29, 0.717) is 16.9 Å². The summed E-state index contributed by atoms with van der Waals surface area (Å²) >= 11 is 0. The van der Waals surface area contributed by atoms with Crippen molar-refractivity contribution in [3.63, 3.8) is 0 Å². The Morgan fingerprint density at radius 1 is 1.00 bits per heavy atom. The Hall–Kier alpha value is -0.123. The second-order valence-electron chi connectivity index (χ2n) is 8.37. The van der Waals surface area contributed by atoms with E-state index in [1.807, 2.05) is 0 Å². The van der Waals surface area contributed by atoms with Crippen molar-refractivity contribution in [2.75, 3.05) is 13.2 Å². The van der Waals surface area contributed by atoms with Gasteiger partial charge in [0.05, 0.1) is 21.3 Å². The third kappa shape index (κ3) is 2.42. The molecule has 1 aliphatic heterocycles. The summed E-state index contributed by atoms with van der Waals surface area (Å²) in [6.45, 7) is 13.9. The molecule has 0 unspecified atom stereocenters. The quantitative estimate of drug-likeness (QED) is 0.547. The molecule has 0 radical (unpaired) electrons. The number of allylic oxidation sites excluding steroid dienone is 2. The Morgan fingerprint density at radius 3 is 1.90 bits per heavy atom. The molecule has 0 bridgehead atoms. The lowest BCUT2D eigenvalue weighted by atomic mass is 9.74. The molecule has 0 aromatic rings. The minimum absolute atomic E-state index is 0.258. The van der Waals surface area contributed by atoms with Crippen LogP contribution in [0, 0.1) is 11.8 Å². The van der Waals surface area contributed by atoms with Crippen LogP contribution >= 0.6 is 0 Å². The summed E-state index contributed by atoms with van der Waals surface area (Å²) in [6, 6.07) is 0. The predicted molar refractivity (Wildman–Crippen MR) is 85.6 cm³/mol. The van der Waals surface area contributed by atoms with Crippen molar-refractivity contribution in [2.24, 2.45) is 11.8 Å². The molecule has 0 N–H and O–H groups in total. The highest BCUT2D eigenvalue weighted by atomic mass is 28.3. The fourth-order valence-corrected chi connectivity index (χ4v) is 6.54. The van der Waals surface area contributed by atoms with E-state index < -0.39 is 8.07 Å². The van der Waals surface area contributed by atoms with Gasteiger partial charge in [-0.2, -0.15) is 0 Å². The van der Waals surface area contributed by atoms with E-state index in [1.54, 1.807) is 5.57 Å². The van der Waals surface area contributed by atoms with Gasteiger partial charge in [0.15, 0.2) is 5.79 Å². The molecular formula is C17H30O2Si. The van der Waals surface area contributed by atoms with E-state index in [9.17, 15) is 0 Å². The summed E-state index contributed by atoms with van der Waals surface area (Å²) in [5.74, 6) is 0.947. The van der Waals surface area contributed by atoms with Gasteiger partial charge >= 0.3 is 0 Å². The summed E-state index contributed by atoms with van der Waals surface area (Å²) in [5.41, 5.74) is 1.69. The first kappa shape index (κ1) is 14.8. The molecule has 3 fully saturated rings. The number of hydrogen-bond donors (Lipinski definition) is 0. The molecule has 0 amide bonds. The van der Waals surface area contributed by atoms with Crippen LogP contribution in [-0.4, -0.2) is 27.1 Å². The van der Waals surface area contributed by atoms with Crippen LogP contribution in [0.5, 0.6) is 0 Å². The van der Waals surface area contributed by atoms with Crippen LogP contribution in [0.1, 0.15) is 39.5 Å². The molecule has 3 rings (SSSR count). The van der Waals surface area contributed by atoms with Gasteiger partial charge in [-0.1, -0.05) is 45.1 Å². The molecule has 114 valence electrons. The Morgan fingerprint density at radius 2 is 1.50 bits per heavy atom. The maximum absolute atomic E-state index is 5.94. The van der Waals surface area contributed by atoms with Gasteiger partial charge in [0, 0.05) is 12.8 Å². The molecule has 1 spiro atoms. The van der Waals surface area contributed by atoms with Crippen molar-refractivity contribution in [1.29, 1.82) is 0 Å². The van der Waals surface area contributed by atoms with Crippen molar-refractivity contribution in [3.05, 3.63) is 11.6 Å². The highest BCUT2D eigenvalue weighted by molar-refractivity contribution is 6.80. The second-order valence-corrected chi connectivity index (χ2v) is 13.9. The highest BCUT2D eigenvalue weighted by Crippen LogP contribution is 2.63. The molecule has 0 aromatic heterocycles. The van der Waals surface area contributed by atoms with Crippen LogP contribution in [0.2, 0.25) is 24.7 Å². The number of hydrogen-bond acceptors (Lipinski definition) is 2. The van der Waals surface area contributed by atoms with Gasteiger partial charge in [-0.25, -0.2) is 0 Å². The van der Waals surface area contributed by atoms with Gasteiger partial charge in [0.2, 0.25) is 0 Å². The van der Waals surface area contributed by atoms with Crippen molar-refractivity contribution in [3.8, 4) is 0 Å². The van der Waals surface area contributed by atoms with Crippen molar-refractivity contribution >= 4 is 8.07 Å². The van der Waals surface area contributed by atoms with E-state index in [-0.39, 0.29) is 5.79 Å². The van der Waals surface area contributed by atoms with Gasteiger partial charge < -0.3 is 9.47 Å². The predicted octanol–water partition coefficient (Wildman–Crippen LogP) is 4.59. The highest BCUT2D eigenvalue weighted by Gasteiger charge is 2.53. The summed E-state index contributed by atoms with van der Waals surface area (Å²) in [4.78, 5) is 0. The maximum Gasteiger partial charge on any atom is 0.169 e. The lowest BCUT2D eigenvalue weighted by Crippen LogP contribution is -2.40. The number of ether oxygens (including phenoxy) is 2. The minimum atomic E-state index is -1.10. The van der Waals surface area contributed by atoms with Crippen molar-refractivity contribution in [2.45, 2.75) is 70.0 Å². The second kappa shape index (κ2) is 4.69. The zero-order valence-corrected chi connectivity index (χ0v) is 14.8. The zero-order valence-electron chi connectivity index (χ0n) is 13.8. The monoisotopic (exact) mass is 294 g/mol. The molecular weight excluding hydrogens is 264 g/mol. The average molecular weight is 295 g/mol. The smallest absolute Gasteiger partial charge is 0.169 e. The third-order valence-corrected chi connectivity index (χ3v) is 9.54. The molecule has 1 saturated heterocycles. The number of rotatable bonds is 2. The minimum Gasteiger partial charge on any atom is -0.347 e. The molecule has 2 saturated carbocycles. The Bertz CT molecular complexity index is 395. The zero-order chi connectivity index (χ0) is 14.6. The molecule has 3 heteroatoms. The first-order valence-electron chi connectivity index (χ1n) is 8.28. The largest absolute Gasteiger partial charge is 0.347 e. The summed E-state index contributed by atoms with van der Waals surface area (Å²) in [7, 11) is -1.10. The van der Waals surface area contributed by atoms with Crippen LogP contribution in [-0.2, 0) is 9.47 Å². The van der Waals surface area contributed by atoms with Gasteiger partial charge in [0.25, 0.3) is 0 Å². The van der Waals surface area contributed by atoms with E-state index >= 15 is 0 Å². The normalized spacial score (nSPS) is 35.4. The van der Waals surface area contributed by atoms with Crippen LogP contribution in [0.15, 0.2) is 11.6 Å². The Labute approximate surface area is 124 Å². The van der Waals surface area contributed by atoms with Crippen molar-refractivity contribution < 1.29 is 9.47 Å². The lowest BCUT2D eigenvalue weighted by Gasteiger charge is -2.41. The van der Waals surface area contributed by atoms with Gasteiger partial charge in [-0.3, -0.25) is 0 Å². The molecule has 20 heavy (non-hydrogen) atoms. The van der Waals surface area contributed by atoms with Gasteiger partial charge in [-0.15, -0.1) is 0 Å². The molecule has 2 nitrogen and oxygen atoms in total. The molecule has 0 aromatic carbocycles. The topological polar surface area (TPSA) is 18.5 Å². The van der Waals surface area contributed by atoms with Gasteiger partial charge in [-0.05, 0) is 29.7 Å². The van der Waals surface area contributed by atoms with Crippen LogP contribution < -0.4 is 0 Å². The molecule has 1 heterocycles. The molecule has 2 aliphatic carbocycles. The Kier molecular flexibility index (Phi) is 3.47. The average Bonchev–Trinajstić information content (AvgIpc) is 3.01. The maximum atomic E-state index is 5.94. The molecule has 2 atom stereocenters. The molecule has 3 aliphatic rings. The van der Waals surface area contributed by atoms with E-state index in [4.69, 9.17) is 9.47 Å². The van der Waals surface area contributed by atoms with Crippen LogP contribution in [0.4, 0.5) is 0 Å². The first-order chi connectivity index (χ1) is 9.27. The lowest BCUT2D eigenvalue weighted by molar-refractivity contribution is -0.186. The summed E-state index contributed by atoms with van der Waals surface area (Å²) < 4.78 is 11.9. The van der Waals surface area contributed by atoms with E-state index in [0.717, 1.165) is 26.1 Å². The fraction of sp³-hybridized carbons (Fsp3) is 0.882. The SMILES string of the molecule is C[C@@H]1CC2(C[C@@H](C)C1=CC1([Si](C)(C)C)CC1)OCCO2. The fourth-order valence-electron chi connectivity index (χ4n) is 4.32. The van der Waals surface area contributed by atoms with Crippen LogP contribution in [0.25, 0.3) is 0 Å². The first-order valence-corrected chi connectivity index (χ1v) is 11.8. The van der Waals surface area contributed by atoms with Gasteiger partial charge in [0.1, 0.15) is 0 Å².